The van der Waals surface area contributed by atoms with E-state index in [1.165, 1.54) is 0 Å². The molecule has 1 heterocycles. The number of carboxylic acids is 1. The van der Waals surface area contributed by atoms with Gasteiger partial charge in [-0.2, -0.15) is 4.98 Å². The van der Waals surface area contributed by atoms with Gasteiger partial charge in [0.15, 0.2) is 0 Å². The predicted molar refractivity (Wildman–Crippen MR) is 67.3 cm³/mol. The van der Waals surface area contributed by atoms with Crippen LogP contribution in [0.4, 0.5) is 8.78 Å². The first-order valence-electron chi connectivity index (χ1n) is 6.33. The molecule has 5 nitrogen and oxygen atoms in total. The fourth-order valence-electron chi connectivity index (χ4n) is 2.72. The molecule has 0 spiro atoms. The van der Waals surface area contributed by atoms with E-state index in [0.717, 1.165) is 18.2 Å². The average molecular weight is 294 g/mol. The van der Waals surface area contributed by atoms with Crippen molar-refractivity contribution >= 4 is 5.97 Å². The van der Waals surface area contributed by atoms with Crippen molar-refractivity contribution in [3.63, 3.8) is 0 Å². The summed E-state index contributed by atoms with van der Waals surface area (Å²) >= 11 is 0. The van der Waals surface area contributed by atoms with Crippen molar-refractivity contribution in [1.82, 2.24) is 10.1 Å². The van der Waals surface area contributed by atoms with Crippen molar-refractivity contribution in [1.29, 1.82) is 0 Å². The van der Waals surface area contributed by atoms with Crippen LogP contribution in [0.1, 0.15) is 25.7 Å². The summed E-state index contributed by atoms with van der Waals surface area (Å²) in [5, 5.41) is 12.8. The first-order valence-corrected chi connectivity index (χ1v) is 6.33. The zero-order chi connectivity index (χ0) is 15.4. The summed E-state index contributed by atoms with van der Waals surface area (Å²) in [5.74, 6) is -3.20. The number of carboxylic acid groups (broad SMARTS) is 1. The highest BCUT2D eigenvalue weighted by Gasteiger charge is 2.65. The molecule has 0 radical (unpaired) electrons. The lowest BCUT2D eigenvalue weighted by atomic mass is 10.1. The molecule has 1 fully saturated rings. The van der Waals surface area contributed by atoms with Crippen LogP contribution in [-0.2, 0) is 4.79 Å². The summed E-state index contributed by atoms with van der Waals surface area (Å²) < 4.78 is 31.4. The van der Waals surface area contributed by atoms with E-state index >= 15 is 0 Å². The van der Waals surface area contributed by atoms with Gasteiger partial charge in [-0.1, -0.05) is 19.0 Å². The fourth-order valence-corrected chi connectivity index (χ4v) is 2.72. The molecule has 1 aromatic heterocycles. The number of aromatic nitrogens is 2. The molecule has 7 heteroatoms. The number of rotatable bonds is 3. The normalized spacial score (nSPS) is 23.0. The van der Waals surface area contributed by atoms with E-state index < -0.39 is 34.9 Å². The highest BCUT2D eigenvalue weighted by molar-refractivity contribution is 5.77. The lowest BCUT2D eigenvalue weighted by Gasteiger charge is -1.96. The van der Waals surface area contributed by atoms with Gasteiger partial charge in [-0.25, -0.2) is 8.78 Å². The summed E-state index contributed by atoms with van der Waals surface area (Å²) in [6, 6.07) is 2.92. The van der Waals surface area contributed by atoms with E-state index in [2.05, 4.69) is 10.1 Å². The van der Waals surface area contributed by atoms with Gasteiger partial charge < -0.3 is 9.63 Å². The van der Waals surface area contributed by atoms with Gasteiger partial charge in [0.25, 0.3) is 0 Å². The van der Waals surface area contributed by atoms with E-state index in [1.54, 1.807) is 13.8 Å². The number of aliphatic carboxylic acids is 1. The third-order valence-corrected chi connectivity index (χ3v) is 3.92. The van der Waals surface area contributed by atoms with Gasteiger partial charge in [0.2, 0.25) is 11.7 Å². The van der Waals surface area contributed by atoms with Gasteiger partial charge in [-0.05, 0) is 17.5 Å². The molecule has 0 saturated heterocycles. The molecule has 3 rings (SSSR count). The second-order valence-corrected chi connectivity index (χ2v) is 5.73. The first kappa shape index (κ1) is 13.7. The summed E-state index contributed by atoms with van der Waals surface area (Å²) in [4.78, 5) is 15.2. The van der Waals surface area contributed by atoms with Crippen LogP contribution in [0.5, 0.6) is 0 Å². The van der Waals surface area contributed by atoms with Gasteiger partial charge >= 0.3 is 5.97 Å². The Kier molecular flexibility index (Phi) is 2.82. The molecular weight excluding hydrogens is 282 g/mol. The molecule has 21 heavy (non-hydrogen) atoms. The highest BCUT2D eigenvalue weighted by Crippen LogP contribution is 2.64. The number of benzene rings is 1. The maximum Gasteiger partial charge on any atom is 0.307 e. The second kappa shape index (κ2) is 4.34. The predicted octanol–water partition coefficient (Wildman–Crippen LogP) is 2.84. The van der Waals surface area contributed by atoms with Crippen molar-refractivity contribution in [3.8, 4) is 11.4 Å². The van der Waals surface area contributed by atoms with E-state index in [0.29, 0.717) is 0 Å². The lowest BCUT2D eigenvalue weighted by molar-refractivity contribution is -0.139. The molecule has 2 aromatic rings. The molecule has 0 amide bonds. The Balaban J connectivity index is 1.93. The molecule has 1 N–H and O–H groups in total. The summed E-state index contributed by atoms with van der Waals surface area (Å²) in [5.41, 5.74) is -0.337. The quantitative estimate of drug-likeness (QED) is 0.942. The van der Waals surface area contributed by atoms with Crippen LogP contribution >= 0.6 is 0 Å². The molecular formula is C14H12F2N2O3. The molecule has 2 atom stereocenters. The molecule has 1 saturated carbocycles. The van der Waals surface area contributed by atoms with Crippen LogP contribution in [0.25, 0.3) is 11.4 Å². The molecule has 2 unspecified atom stereocenters. The van der Waals surface area contributed by atoms with Gasteiger partial charge in [0.05, 0.1) is 11.8 Å². The Morgan fingerprint density at radius 1 is 1.29 bits per heavy atom. The van der Waals surface area contributed by atoms with Crippen LogP contribution in [0, 0.1) is 23.0 Å². The van der Waals surface area contributed by atoms with E-state index in [4.69, 9.17) is 9.63 Å². The minimum absolute atomic E-state index is 0.0373. The minimum atomic E-state index is -0.929. The third-order valence-electron chi connectivity index (χ3n) is 3.92. The second-order valence-electron chi connectivity index (χ2n) is 5.73. The van der Waals surface area contributed by atoms with Crippen molar-refractivity contribution in [3.05, 3.63) is 35.7 Å². The summed E-state index contributed by atoms with van der Waals surface area (Å²) in [6.07, 6.45) is 0. The number of nitrogens with zero attached hydrogens (tertiary/aromatic N) is 2. The average Bonchev–Trinajstić information content (AvgIpc) is 2.74. The molecule has 1 aliphatic carbocycles. The summed E-state index contributed by atoms with van der Waals surface area (Å²) in [6.45, 7) is 3.59. The Hall–Kier alpha value is -2.31. The van der Waals surface area contributed by atoms with Crippen molar-refractivity contribution < 1.29 is 23.2 Å². The monoisotopic (exact) mass is 294 g/mol. The Morgan fingerprint density at radius 3 is 2.43 bits per heavy atom. The van der Waals surface area contributed by atoms with Gasteiger partial charge in [-0.15, -0.1) is 0 Å². The van der Waals surface area contributed by atoms with Crippen LogP contribution in [-0.4, -0.2) is 21.2 Å². The maximum absolute atomic E-state index is 13.2. The minimum Gasteiger partial charge on any atom is -0.481 e. The standard InChI is InChI=1S/C14H12F2N2O3/c1-14(2)9(10(14)13(19)20)12-17-11(18-21-12)6-3-7(15)5-8(16)4-6/h3-5,9-10H,1-2H3,(H,19,20). The van der Waals surface area contributed by atoms with E-state index in [9.17, 15) is 13.6 Å². The van der Waals surface area contributed by atoms with Gasteiger partial charge in [-0.3, -0.25) is 4.79 Å². The Morgan fingerprint density at radius 2 is 1.90 bits per heavy atom. The fraction of sp³-hybridized carbons (Fsp3) is 0.357. The molecule has 0 bridgehead atoms. The lowest BCUT2D eigenvalue weighted by Crippen LogP contribution is -2.03. The van der Waals surface area contributed by atoms with Crippen molar-refractivity contribution in [2.24, 2.45) is 11.3 Å². The van der Waals surface area contributed by atoms with Crippen LogP contribution in [0.15, 0.2) is 22.7 Å². The number of hydrogen-bond donors (Lipinski definition) is 1. The van der Waals surface area contributed by atoms with E-state index in [-0.39, 0.29) is 17.3 Å². The largest absolute Gasteiger partial charge is 0.481 e. The Bertz CT molecular complexity index is 707. The smallest absolute Gasteiger partial charge is 0.307 e. The zero-order valence-electron chi connectivity index (χ0n) is 11.3. The van der Waals surface area contributed by atoms with Crippen molar-refractivity contribution in [2.75, 3.05) is 0 Å². The van der Waals surface area contributed by atoms with E-state index in [1.807, 2.05) is 0 Å². The van der Waals surface area contributed by atoms with Crippen molar-refractivity contribution in [2.45, 2.75) is 19.8 Å². The zero-order valence-corrected chi connectivity index (χ0v) is 11.3. The maximum atomic E-state index is 13.2. The van der Waals surface area contributed by atoms with Gasteiger partial charge in [0.1, 0.15) is 11.6 Å². The number of hydrogen-bond acceptors (Lipinski definition) is 4. The SMILES string of the molecule is CC1(C)C(C(=O)O)C1c1nc(-c2cc(F)cc(F)c2)no1. The third kappa shape index (κ3) is 2.18. The van der Waals surface area contributed by atoms with Crippen LogP contribution < -0.4 is 0 Å². The molecule has 0 aliphatic heterocycles. The molecule has 1 aliphatic rings. The molecule has 110 valence electrons. The Labute approximate surface area is 118 Å². The number of carbonyl (C=O) groups is 1. The highest BCUT2D eigenvalue weighted by atomic mass is 19.1. The summed E-state index contributed by atoms with van der Waals surface area (Å²) in [7, 11) is 0. The van der Waals surface area contributed by atoms with Crippen LogP contribution in [0.2, 0.25) is 0 Å². The number of halogens is 2. The first-order chi connectivity index (χ1) is 9.80. The van der Waals surface area contributed by atoms with Crippen LogP contribution in [0.3, 0.4) is 0 Å². The molecule has 1 aromatic carbocycles. The topological polar surface area (TPSA) is 76.2 Å². The van der Waals surface area contributed by atoms with Gasteiger partial charge in [0, 0.05) is 11.6 Å².